The third-order valence-electron chi connectivity index (χ3n) is 2.43. The summed E-state index contributed by atoms with van der Waals surface area (Å²) >= 11 is 0. The topological polar surface area (TPSA) is 64.0 Å². The van der Waals surface area contributed by atoms with Crippen LogP contribution < -0.4 is 5.32 Å². The van der Waals surface area contributed by atoms with Crippen molar-refractivity contribution in [3.8, 4) is 0 Å². The van der Waals surface area contributed by atoms with E-state index in [1.165, 1.54) is 0 Å². The molecule has 0 radical (unpaired) electrons. The highest BCUT2D eigenvalue weighted by atomic mass is 32.2. The Hall–Kier alpha value is -0.880. The van der Waals surface area contributed by atoms with Crippen LogP contribution in [0.15, 0.2) is 12.3 Å². The van der Waals surface area contributed by atoms with E-state index in [1.807, 2.05) is 17.8 Å². The summed E-state index contributed by atoms with van der Waals surface area (Å²) in [5.41, 5.74) is 1.08. The number of hydrogen-bond donors (Lipinski definition) is 1. The van der Waals surface area contributed by atoms with Gasteiger partial charge in [0.2, 0.25) is 0 Å². The molecule has 92 valence electrons. The summed E-state index contributed by atoms with van der Waals surface area (Å²) < 4.78 is 24.4. The van der Waals surface area contributed by atoms with E-state index < -0.39 is 9.84 Å². The molecule has 1 N–H and O–H groups in total. The van der Waals surface area contributed by atoms with Crippen LogP contribution in [0, 0.1) is 0 Å². The lowest BCUT2D eigenvalue weighted by Crippen LogP contribution is -2.15. The minimum atomic E-state index is -2.85. The third kappa shape index (κ3) is 3.94. The van der Waals surface area contributed by atoms with Crippen molar-refractivity contribution in [2.24, 2.45) is 0 Å². The summed E-state index contributed by atoms with van der Waals surface area (Å²) in [6.07, 6.45) is 2.36. The first kappa shape index (κ1) is 13.2. The first-order valence-corrected chi connectivity index (χ1v) is 7.27. The van der Waals surface area contributed by atoms with Crippen molar-refractivity contribution in [1.29, 1.82) is 0 Å². The van der Waals surface area contributed by atoms with Crippen molar-refractivity contribution < 1.29 is 8.42 Å². The molecule has 0 unspecified atom stereocenters. The minimum Gasteiger partial charge on any atom is -0.314 e. The van der Waals surface area contributed by atoms with E-state index in [2.05, 4.69) is 10.4 Å². The van der Waals surface area contributed by atoms with Crippen molar-refractivity contribution in [3.05, 3.63) is 18.0 Å². The van der Waals surface area contributed by atoms with Gasteiger partial charge in [0.1, 0.15) is 9.84 Å². The molecule has 0 aromatic carbocycles. The number of aromatic nitrogens is 2. The summed E-state index contributed by atoms with van der Waals surface area (Å²) in [5, 5.41) is 7.21. The van der Waals surface area contributed by atoms with Crippen molar-refractivity contribution >= 4 is 9.84 Å². The minimum absolute atomic E-state index is 0.218. The zero-order valence-electron chi connectivity index (χ0n) is 9.81. The molecule has 1 rings (SSSR count). The monoisotopic (exact) mass is 245 g/mol. The van der Waals surface area contributed by atoms with Crippen LogP contribution in [0.3, 0.4) is 0 Å². The second-order valence-corrected chi connectivity index (χ2v) is 6.14. The molecule has 1 heterocycles. The number of hydrogen-bond acceptors (Lipinski definition) is 4. The fourth-order valence-electron chi connectivity index (χ4n) is 1.47. The van der Waals surface area contributed by atoms with E-state index in [1.54, 1.807) is 13.1 Å². The van der Waals surface area contributed by atoms with Crippen molar-refractivity contribution in [2.75, 3.05) is 18.6 Å². The third-order valence-corrected chi connectivity index (χ3v) is 4.22. The van der Waals surface area contributed by atoms with Crippen LogP contribution in [-0.4, -0.2) is 36.8 Å². The van der Waals surface area contributed by atoms with Gasteiger partial charge in [-0.2, -0.15) is 5.10 Å². The van der Waals surface area contributed by atoms with Gasteiger partial charge in [-0.3, -0.25) is 4.68 Å². The quantitative estimate of drug-likeness (QED) is 0.756. The van der Waals surface area contributed by atoms with Crippen molar-refractivity contribution in [2.45, 2.75) is 26.4 Å². The molecule has 1 aromatic heterocycles. The smallest absolute Gasteiger partial charge is 0.150 e. The van der Waals surface area contributed by atoms with Crippen LogP contribution in [0.5, 0.6) is 0 Å². The zero-order valence-corrected chi connectivity index (χ0v) is 10.6. The van der Waals surface area contributed by atoms with Gasteiger partial charge in [0, 0.05) is 25.0 Å². The standard InChI is InChI=1S/C10H19N3O2S/c1-3-16(14,15)8-4-7-13-10(9-11-2)5-6-12-13/h5-6,11H,3-4,7-9H2,1-2H3. The van der Waals surface area contributed by atoms with Gasteiger partial charge >= 0.3 is 0 Å². The van der Waals surface area contributed by atoms with E-state index in [4.69, 9.17) is 0 Å². The van der Waals surface area contributed by atoms with Crippen LogP contribution in [0.2, 0.25) is 0 Å². The van der Waals surface area contributed by atoms with Gasteiger partial charge in [-0.15, -0.1) is 0 Å². The Morgan fingerprint density at radius 1 is 1.50 bits per heavy atom. The molecule has 0 bridgehead atoms. The van der Waals surface area contributed by atoms with Gasteiger partial charge in [0.25, 0.3) is 0 Å². The van der Waals surface area contributed by atoms with Gasteiger partial charge in [0.05, 0.1) is 11.4 Å². The fourth-order valence-corrected chi connectivity index (χ4v) is 2.33. The largest absolute Gasteiger partial charge is 0.314 e. The molecule has 0 aliphatic rings. The predicted molar refractivity (Wildman–Crippen MR) is 63.9 cm³/mol. The maximum atomic E-state index is 11.3. The molecule has 6 heteroatoms. The number of sulfone groups is 1. The molecular weight excluding hydrogens is 226 g/mol. The Labute approximate surface area is 96.8 Å². The maximum Gasteiger partial charge on any atom is 0.150 e. The van der Waals surface area contributed by atoms with E-state index in [0.717, 1.165) is 12.2 Å². The Morgan fingerprint density at radius 2 is 2.25 bits per heavy atom. The number of rotatable bonds is 7. The summed E-state index contributed by atoms with van der Waals surface area (Å²) in [6, 6.07) is 1.94. The molecule has 16 heavy (non-hydrogen) atoms. The van der Waals surface area contributed by atoms with E-state index in [0.29, 0.717) is 13.0 Å². The Balaban J connectivity index is 2.46. The molecule has 0 atom stereocenters. The summed E-state index contributed by atoms with van der Waals surface area (Å²) in [6.45, 7) is 3.08. The zero-order chi connectivity index (χ0) is 12.0. The van der Waals surface area contributed by atoms with Crippen LogP contribution in [0.25, 0.3) is 0 Å². The first-order chi connectivity index (χ1) is 7.59. The van der Waals surface area contributed by atoms with E-state index in [-0.39, 0.29) is 11.5 Å². The van der Waals surface area contributed by atoms with E-state index in [9.17, 15) is 8.42 Å². The lowest BCUT2D eigenvalue weighted by Gasteiger charge is -2.06. The van der Waals surface area contributed by atoms with Gasteiger partial charge in [-0.25, -0.2) is 8.42 Å². The molecule has 0 aliphatic heterocycles. The summed E-state index contributed by atoms with van der Waals surface area (Å²) in [4.78, 5) is 0. The van der Waals surface area contributed by atoms with Gasteiger partial charge in [-0.1, -0.05) is 6.92 Å². The summed E-state index contributed by atoms with van der Waals surface area (Å²) in [5.74, 6) is 0.456. The average molecular weight is 245 g/mol. The normalized spacial score (nSPS) is 11.9. The van der Waals surface area contributed by atoms with Gasteiger partial charge < -0.3 is 5.32 Å². The molecule has 0 spiro atoms. The number of nitrogens with one attached hydrogen (secondary N) is 1. The molecule has 0 fully saturated rings. The fraction of sp³-hybridized carbons (Fsp3) is 0.700. The van der Waals surface area contributed by atoms with E-state index >= 15 is 0 Å². The molecular formula is C10H19N3O2S. The Morgan fingerprint density at radius 3 is 2.88 bits per heavy atom. The molecule has 5 nitrogen and oxygen atoms in total. The predicted octanol–water partition coefficient (Wildman–Crippen LogP) is 0.427. The van der Waals surface area contributed by atoms with Crippen LogP contribution >= 0.6 is 0 Å². The second kappa shape index (κ2) is 6.00. The average Bonchev–Trinajstić information content (AvgIpc) is 2.66. The highest BCUT2D eigenvalue weighted by Crippen LogP contribution is 2.01. The Bertz CT molecular complexity index is 411. The molecule has 0 saturated heterocycles. The lowest BCUT2D eigenvalue weighted by molar-refractivity contribution is 0.551. The van der Waals surface area contributed by atoms with Crippen LogP contribution in [-0.2, 0) is 22.9 Å². The molecule has 0 saturated carbocycles. The second-order valence-electron chi connectivity index (χ2n) is 3.67. The van der Waals surface area contributed by atoms with Gasteiger partial charge in [-0.05, 0) is 19.5 Å². The highest BCUT2D eigenvalue weighted by molar-refractivity contribution is 7.91. The highest BCUT2D eigenvalue weighted by Gasteiger charge is 2.08. The van der Waals surface area contributed by atoms with Crippen molar-refractivity contribution in [1.82, 2.24) is 15.1 Å². The number of nitrogens with zero attached hydrogens (tertiary/aromatic N) is 2. The molecule has 0 aliphatic carbocycles. The maximum absolute atomic E-state index is 11.3. The first-order valence-electron chi connectivity index (χ1n) is 5.44. The number of aryl methyl sites for hydroxylation is 1. The molecule has 1 aromatic rings. The Kier molecular flexibility index (Phi) is 4.95. The van der Waals surface area contributed by atoms with Crippen LogP contribution in [0.4, 0.5) is 0 Å². The molecule has 0 amide bonds. The summed E-state index contributed by atoms with van der Waals surface area (Å²) in [7, 11) is -0.981. The van der Waals surface area contributed by atoms with Crippen LogP contribution in [0.1, 0.15) is 19.0 Å². The SMILES string of the molecule is CCS(=O)(=O)CCCn1nccc1CNC. The van der Waals surface area contributed by atoms with Crippen molar-refractivity contribution in [3.63, 3.8) is 0 Å². The van der Waals surface area contributed by atoms with Gasteiger partial charge in [0.15, 0.2) is 0 Å². The lowest BCUT2D eigenvalue weighted by atomic mass is 10.4.